The monoisotopic (exact) mass is 156 g/mol. The summed E-state index contributed by atoms with van der Waals surface area (Å²) in [4.78, 5) is 11.1. The van der Waals surface area contributed by atoms with Gasteiger partial charge in [0.2, 0.25) is 0 Å². The molecule has 1 aliphatic carbocycles. The van der Waals surface area contributed by atoms with Crippen molar-refractivity contribution in [1.29, 1.82) is 0 Å². The summed E-state index contributed by atoms with van der Waals surface area (Å²) >= 11 is 0. The SMILES string of the molecule is COC(=O)C1CCC(C)CC1. The van der Waals surface area contributed by atoms with E-state index in [9.17, 15) is 4.79 Å². The van der Waals surface area contributed by atoms with Gasteiger partial charge >= 0.3 is 5.97 Å². The molecule has 2 heteroatoms. The van der Waals surface area contributed by atoms with Crippen LogP contribution in [-0.4, -0.2) is 13.1 Å². The van der Waals surface area contributed by atoms with Gasteiger partial charge in [0, 0.05) is 0 Å². The largest absolute Gasteiger partial charge is 0.469 e. The van der Waals surface area contributed by atoms with Crippen LogP contribution in [-0.2, 0) is 9.53 Å². The van der Waals surface area contributed by atoms with Crippen molar-refractivity contribution in [3.63, 3.8) is 0 Å². The second-order valence-corrected chi connectivity index (χ2v) is 3.48. The van der Waals surface area contributed by atoms with E-state index in [2.05, 4.69) is 11.7 Å². The Kier molecular flexibility index (Phi) is 2.92. The molecule has 1 fully saturated rings. The van der Waals surface area contributed by atoms with Crippen molar-refractivity contribution in [1.82, 2.24) is 0 Å². The topological polar surface area (TPSA) is 26.3 Å². The lowest BCUT2D eigenvalue weighted by molar-refractivity contribution is -0.146. The lowest BCUT2D eigenvalue weighted by Crippen LogP contribution is -2.21. The summed E-state index contributed by atoms with van der Waals surface area (Å²) in [6.45, 7) is 2.24. The molecule has 0 unspecified atom stereocenters. The summed E-state index contributed by atoms with van der Waals surface area (Å²) in [5.74, 6) is 0.976. The van der Waals surface area contributed by atoms with Gasteiger partial charge < -0.3 is 4.74 Å². The van der Waals surface area contributed by atoms with E-state index in [0.717, 1.165) is 18.8 Å². The highest BCUT2D eigenvalue weighted by Gasteiger charge is 2.24. The smallest absolute Gasteiger partial charge is 0.308 e. The highest BCUT2D eigenvalue weighted by Crippen LogP contribution is 2.28. The zero-order valence-corrected chi connectivity index (χ0v) is 7.30. The zero-order chi connectivity index (χ0) is 8.27. The number of ether oxygens (including phenoxy) is 1. The molecule has 0 aromatic carbocycles. The van der Waals surface area contributed by atoms with Crippen molar-refractivity contribution in [3.05, 3.63) is 0 Å². The van der Waals surface area contributed by atoms with Crippen molar-refractivity contribution in [2.24, 2.45) is 11.8 Å². The van der Waals surface area contributed by atoms with Crippen LogP contribution in [0.25, 0.3) is 0 Å². The highest BCUT2D eigenvalue weighted by atomic mass is 16.5. The third-order valence-corrected chi connectivity index (χ3v) is 2.55. The summed E-state index contributed by atoms with van der Waals surface area (Å²) < 4.78 is 4.69. The van der Waals surface area contributed by atoms with Crippen LogP contribution in [0.4, 0.5) is 0 Å². The molecule has 1 aliphatic rings. The van der Waals surface area contributed by atoms with E-state index in [-0.39, 0.29) is 11.9 Å². The zero-order valence-electron chi connectivity index (χ0n) is 7.30. The fraction of sp³-hybridized carbons (Fsp3) is 0.889. The predicted molar refractivity (Wildman–Crippen MR) is 43.1 cm³/mol. The molecule has 0 aliphatic heterocycles. The molecule has 0 atom stereocenters. The molecular weight excluding hydrogens is 140 g/mol. The van der Waals surface area contributed by atoms with Crippen LogP contribution in [0.15, 0.2) is 0 Å². The van der Waals surface area contributed by atoms with Crippen LogP contribution >= 0.6 is 0 Å². The van der Waals surface area contributed by atoms with Crippen molar-refractivity contribution < 1.29 is 9.53 Å². The Hall–Kier alpha value is -0.530. The lowest BCUT2D eigenvalue weighted by atomic mass is 9.83. The molecule has 0 spiro atoms. The summed E-state index contributed by atoms with van der Waals surface area (Å²) in [5, 5.41) is 0. The molecule has 0 heterocycles. The van der Waals surface area contributed by atoms with Crippen LogP contribution in [0.2, 0.25) is 0 Å². The minimum absolute atomic E-state index is 0.0168. The first-order chi connectivity index (χ1) is 5.24. The molecular formula is C9H16O2. The van der Waals surface area contributed by atoms with E-state index < -0.39 is 0 Å². The molecule has 0 saturated heterocycles. The molecule has 11 heavy (non-hydrogen) atoms. The number of methoxy groups -OCH3 is 1. The average Bonchev–Trinajstić information content (AvgIpc) is 2.05. The Bertz CT molecular complexity index is 134. The van der Waals surface area contributed by atoms with Crippen molar-refractivity contribution in [3.8, 4) is 0 Å². The van der Waals surface area contributed by atoms with E-state index in [1.165, 1.54) is 20.0 Å². The van der Waals surface area contributed by atoms with Crippen LogP contribution in [0.1, 0.15) is 32.6 Å². The Labute approximate surface area is 67.9 Å². The van der Waals surface area contributed by atoms with Gasteiger partial charge in [0.1, 0.15) is 0 Å². The van der Waals surface area contributed by atoms with Crippen molar-refractivity contribution in [2.45, 2.75) is 32.6 Å². The van der Waals surface area contributed by atoms with Crippen LogP contribution in [0.5, 0.6) is 0 Å². The molecule has 2 nitrogen and oxygen atoms in total. The van der Waals surface area contributed by atoms with E-state index >= 15 is 0 Å². The minimum atomic E-state index is -0.0168. The first-order valence-corrected chi connectivity index (χ1v) is 4.32. The number of carbonyl (C=O) groups is 1. The van der Waals surface area contributed by atoms with Gasteiger partial charge in [-0.3, -0.25) is 4.79 Å². The minimum Gasteiger partial charge on any atom is -0.469 e. The van der Waals surface area contributed by atoms with E-state index in [1.807, 2.05) is 0 Å². The number of hydrogen-bond donors (Lipinski definition) is 0. The number of carbonyl (C=O) groups excluding carboxylic acids is 1. The molecule has 1 rings (SSSR count). The molecule has 0 N–H and O–H groups in total. The maximum Gasteiger partial charge on any atom is 0.308 e. The Morgan fingerprint density at radius 2 is 1.82 bits per heavy atom. The summed E-state index contributed by atoms with van der Waals surface area (Å²) in [6.07, 6.45) is 4.40. The highest BCUT2D eigenvalue weighted by molar-refractivity contribution is 5.72. The van der Waals surface area contributed by atoms with Gasteiger partial charge in [0.05, 0.1) is 13.0 Å². The standard InChI is InChI=1S/C9H16O2/c1-7-3-5-8(6-4-7)9(10)11-2/h7-8H,3-6H2,1-2H3. The molecule has 0 amide bonds. The molecule has 64 valence electrons. The van der Waals surface area contributed by atoms with E-state index in [0.29, 0.717) is 0 Å². The Morgan fingerprint density at radius 3 is 2.27 bits per heavy atom. The fourth-order valence-electron chi connectivity index (χ4n) is 1.66. The van der Waals surface area contributed by atoms with Gasteiger partial charge in [-0.05, 0) is 31.6 Å². The van der Waals surface area contributed by atoms with Gasteiger partial charge in [-0.1, -0.05) is 6.92 Å². The van der Waals surface area contributed by atoms with E-state index in [4.69, 9.17) is 0 Å². The molecule has 0 bridgehead atoms. The molecule has 0 aromatic heterocycles. The molecule has 0 aromatic rings. The lowest BCUT2D eigenvalue weighted by Gasteiger charge is -2.23. The quantitative estimate of drug-likeness (QED) is 0.543. The third-order valence-electron chi connectivity index (χ3n) is 2.55. The predicted octanol–water partition coefficient (Wildman–Crippen LogP) is 1.99. The van der Waals surface area contributed by atoms with Gasteiger partial charge in [-0.15, -0.1) is 0 Å². The number of rotatable bonds is 1. The number of hydrogen-bond acceptors (Lipinski definition) is 2. The summed E-state index contributed by atoms with van der Waals surface area (Å²) in [6, 6.07) is 0. The Balaban J connectivity index is 2.33. The normalized spacial score (nSPS) is 31.5. The third kappa shape index (κ3) is 2.21. The molecule has 1 saturated carbocycles. The van der Waals surface area contributed by atoms with E-state index in [1.54, 1.807) is 0 Å². The van der Waals surface area contributed by atoms with Crippen LogP contribution in [0.3, 0.4) is 0 Å². The number of esters is 1. The summed E-state index contributed by atoms with van der Waals surface area (Å²) in [7, 11) is 1.47. The second kappa shape index (κ2) is 3.74. The fourth-order valence-corrected chi connectivity index (χ4v) is 1.66. The van der Waals surface area contributed by atoms with Crippen molar-refractivity contribution in [2.75, 3.05) is 7.11 Å². The second-order valence-electron chi connectivity index (χ2n) is 3.48. The van der Waals surface area contributed by atoms with Crippen LogP contribution in [0, 0.1) is 11.8 Å². The maximum absolute atomic E-state index is 11.1. The first kappa shape index (κ1) is 8.57. The Morgan fingerprint density at radius 1 is 1.27 bits per heavy atom. The maximum atomic E-state index is 11.1. The molecule has 0 radical (unpaired) electrons. The van der Waals surface area contributed by atoms with Gasteiger partial charge in [0.25, 0.3) is 0 Å². The van der Waals surface area contributed by atoms with Crippen molar-refractivity contribution >= 4 is 5.97 Å². The van der Waals surface area contributed by atoms with Gasteiger partial charge in [-0.2, -0.15) is 0 Å². The first-order valence-electron chi connectivity index (χ1n) is 4.32. The summed E-state index contributed by atoms with van der Waals surface area (Å²) in [5.41, 5.74) is 0. The average molecular weight is 156 g/mol. The van der Waals surface area contributed by atoms with Crippen LogP contribution < -0.4 is 0 Å². The van der Waals surface area contributed by atoms with Gasteiger partial charge in [-0.25, -0.2) is 0 Å². The van der Waals surface area contributed by atoms with Gasteiger partial charge in [0.15, 0.2) is 0 Å².